The van der Waals surface area contributed by atoms with Crippen molar-refractivity contribution in [2.75, 3.05) is 0 Å². The lowest BCUT2D eigenvalue weighted by molar-refractivity contribution is 0.204. The smallest absolute Gasteiger partial charge is 0.266 e. The number of carbonyl (C=O) groups excluding carboxylic acids is 1. The molecule has 1 atom stereocenters. The average molecular weight is 418 g/mol. The minimum Gasteiger partial charge on any atom is -0.266 e. The summed E-state index contributed by atoms with van der Waals surface area (Å²) in [7, 11) is 1.25. The second kappa shape index (κ2) is 7.89. The summed E-state index contributed by atoms with van der Waals surface area (Å²) < 4.78 is 1.96. The van der Waals surface area contributed by atoms with E-state index in [0.29, 0.717) is 13.1 Å². The van der Waals surface area contributed by atoms with Gasteiger partial charge < -0.3 is 0 Å². The second-order valence-corrected chi connectivity index (χ2v) is 10.1. The molecule has 0 bridgehead atoms. The van der Waals surface area contributed by atoms with E-state index in [2.05, 4.69) is 36.4 Å². The van der Waals surface area contributed by atoms with Crippen LogP contribution in [0.1, 0.15) is 16.7 Å². The van der Waals surface area contributed by atoms with Crippen LogP contribution in [0.4, 0.5) is 4.79 Å². The molecular formula is C23H19N3OS2. The highest BCUT2D eigenvalue weighted by Gasteiger charge is 2.41. The molecule has 2 heterocycles. The van der Waals surface area contributed by atoms with Crippen molar-refractivity contribution in [2.24, 2.45) is 4.99 Å². The molecule has 3 aromatic rings. The molecule has 0 saturated carbocycles. The summed E-state index contributed by atoms with van der Waals surface area (Å²) in [5.74, 6) is 0. The Balaban J connectivity index is 1.49. The van der Waals surface area contributed by atoms with E-state index in [9.17, 15) is 4.79 Å². The maximum absolute atomic E-state index is 13.3. The van der Waals surface area contributed by atoms with Crippen LogP contribution in [0, 0.1) is 0 Å². The zero-order valence-corrected chi connectivity index (χ0v) is 17.3. The number of rotatable bonds is 5. The third kappa shape index (κ3) is 3.61. The van der Waals surface area contributed by atoms with E-state index in [1.54, 1.807) is 10.8 Å². The quantitative estimate of drug-likeness (QED) is 0.406. The zero-order valence-electron chi connectivity index (χ0n) is 15.6. The Labute approximate surface area is 176 Å². The van der Waals surface area contributed by atoms with Crippen LogP contribution < -0.4 is 0 Å². The molecule has 3 aromatic carbocycles. The second-order valence-electron chi connectivity index (χ2n) is 6.77. The monoisotopic (exact) mass is 417 g/mol. The molecule has 144 valence electrons. The number of hydrogen-bond donors (Lipinski definition) is 0. The van der Waals surface area contributed by atoms with Crippen LogP contribution >= 0.6 is 20.5 Å². The number of amides is 2. The maximum atomic E-state index is 13.3. The Morgan fingerprint density at radius 2 is 1.31 bits per heavy atom. The van der Waals surface area contributed by atoms with E-state index in [1.807, 2.05) is 63.8 Å². The Kier molecular flexibility index (Phi) is 4.96. The van der Waals surface area contributed by atoms with Crippen LogP contribution in [0.2, 0.25) is 0 Å². The van der Waals surface area contributed by atoms with Crippen molar-refractivity contribution in [2.45, 2.75) is 13.1 Å². The fourth-order valence-corrected chi connectivity index (χ4v) is 7.32. The summed E-state index contributed by atoms with van der Waals surface area (Å²) in [6.45, 7) is 1.12. The van der Waals surface area contributed by atoms with Crippen LogP contribution in [0.25, 0.3) is 0 Å². The Morgan fingerprint density at radius 3 is 1.93 bits per heavy atom. The summed E-state index contributed by atoms with van der Waals surface area (Å²) in [6, 6.07) is 30.5. The highest BCUT2D eigenvalue weighted by molar-refractivity contribution is 8.88. The molecule has 0 saturated heterocycles. The van der Waals surface area contributed by atoms with Gasteiger partial charge in [-0.15, -0.1) is 0 Å². The molecule has 0 aromatic heterocycles. The van der Waals surface area contributed by atoms with Crippen molar-refractivity contribution < 1.29 is 4.79 Å². The summed E-state index contributed by atoms with van der Waals surface area (Å²) in [4.78, 5) is 20.1. The van der Waals surface area contributed by atoms with Gasteiger partial charge in [0.25, 0.3) is 0 Å². The first-order valence-electron chi connectivity index (χ1n) is 9.40. The maximum Gasteiger partial charge on any atom is 0.337 e. The first-order valence-corrected chi connectivity index (χ1v) is 11.9. The van der Waals surface area contributed by atoms with Crippen molar-refractivity contribution in [3.8, 4) is 0 Å². The molecule has 29 heavy (non-hydrogen) atoms. The van der Waals surface area contributed by atoms with E-state index >= 15 is 0 Å². The fourth-order valence-electron chi connectivity index (χ4n) is 3.31. The van der Waals surface area contributed by atoms with Crippen LogP contribution in [-0.4, -0.2) is 25.4 Å². The Morgan fingerprint density at radius 1 is 0.759 bits per heavy atom. The molecule has 0 N–H and O–H groups in total. The molecule has 2 amide bonds. The zero-order chi connectivity index (χ0) is 19.6. The van der Waals surface area contributed by atoms with E-state index in [1.165, 1.54) is 0 Å². The standard InChI is InChI=1S/C23H19N3OS2/c27-23-25(16-18-10-4-1-5-11-18)22-24-21(20-14-8-3-9-15-20)28-29(22)26(23)17-19-12-6-2-7-13-19/h1-15H,16-17H2. The van der Waals surface area contributed by atoms with Crippen molar-refractivity contribution >= 4 is 36.7 Å². The number of aliphatic imine (C=N–C) groups is 1. The van der Waals surface area contributed by atoms with Crippen LogP contribution in [0.3, 0.4) is 0 Å². The molecule has 0 radical (unpaired) electrons. The lowest BCUT2D eigenvalue weighted by atomic mass is 10.2. The number of benzene rings is 3. The number of hydrogen-bond acceptors (Lipinski definition) is 3. The molecule has 4 nitrogen and oxygen atoms in total. The lowest BCUT2D eigenvalue weighted by Crippen LogP contribution is -2.35. The van der Waals surface area contributed by atoms with Crippen LogP contribution in [0.5, 0.6) is 0 Å². The minimum absolute atomic E-state index is 0.0272. The minimum atomic E-state index is -0.431. The van der Waals surface area contributed by atoms with Gasteiger partial charge in [0.05, 0.1) is 13.1 Å². The SMILES string of the molecule is O=C1N(Cc2ccccc2)C2=S(SC(c3ccccc3)=N2)N1Cc1ccccc1. The van der Waals surface area contributed by atoms with Crippen molar-refractivity contribution in [3.05, 3.63) is 108 Å². The number of urea groups is 1. The van der Waals surface area contributed by atoms with E-state index < -0.39 is 9.70 Å². The predicted molar refractivity (Wildman–Crippen MR) is 123 cm³/mol. The third-order valence-corrected chi connectivity index (χ3v) is 8.65. The highest BCUT2D eigenvalue weighted by Crippen LogP contribution is 2.49. The van der Waals surface area contributed by atoms with Crippen molar-refractivity contribution in [1.82, 2.24) is 9.21 Å². The topological polar surface area (TPSA) is 35.9 Å². The summed E-state index contributed by atoms with van der Waals surface area (Å²) in [5.41, 5.74) is 3.33. The van der Waals surface area contributed by atoms with Gasteiger partial charge in [0.2, 0.25) is 0 Å². The largest absolute Gasteiger partial charge is 0.337 e. The molecule has 2 aliphatic rings. The van der Waals surface area contributed by atoms with Crippen LogP contribution in [0.15, 0.2) is 96.0 Å². The lowest BCUT2D eigenvalue weighted by Gasteiger charge is -2.22. The van der Waals surface area contributed by atoms with Gasteiger partial charge in [0.1, 0.15) is 5.04 Å². The van der Waals surface area contributed by atoms with E-state index in [4.69, 9.17) is 4.99 Å². The van der Waals surface area contributed by atoms with Gasteiger partial charge in [-0.3, -0.25) is 9.21 Å². The summed E-state index contributed by atoms with van der Waals surface area (Å²) in [5, 5.41) is 1.84. The van der Waals surface area contributed by atoms with Gasteiger partial charge in [-0.1, -0.05) is 91.0 Å². The Bertz CT molecular complexity index is 1100. The summed E-state index contributed by atoms with van der Waals surface area (Å²) >= 11 is 0. The molecule has 1 unspecified atom stereocenters. The first kappa shape index (κ1) is 18.2. The van der Waals surface area contributed by atoms with Gasteiger partial charge in [-0.25, -0.2) is 9.79 Å². The normalized spacial score (nSPS) is 18.2. The molecule has 5 rings (SSSR count). The number of nitrogens with zero attached hydrogens (tertiary/aromatic N) is 3. The molecule has 0 fully saturated rings. The molecule has 0 aliphatic carbocycles. The van der Waals surface area contributed by atoms with Gasteiger partial charge in [-0.05, 0) is 21.9 Å². The fraction of sp³-hybridized carbons (Fsp3) is 0.0870. The molecule has 6 heteroatoms. The van der Waals surface area contributed by atoms with E-state index in [-0.39, 0.29) is 6.03 Å². The van der Waals surface area contributed by atoms with Crippen molar-refractivity contribution in [3.63, 3.8) is 0 Å². The molecular weight excluding hydrogens is 398 g/mol. The van der Waals surface area contributed by atoms with Gasteiger partial charge in [0, 0.05) is 15.3 Å². The van der Waals surface area contributed by atoms with Gasteiger partial charge >= 0.3 is 6.03 Å². The predicted octanol–water partition coefficient (Wildman–Crippen LogP) is 5.50. The van der Waals surface area contributed by atoms with Gasteiger partial charge in [-0.2, -0.15) is 0 Å². The average Bonchev–Trinajstić information content (AvgIpc) is 3.31. The first-order chi connectivity index (χ1) is 14.3. The van der Waals surface area contributed by atoms with E-state index in [0.717, 1.165) is 26.8 Å². The van der Waals surface area contributed by atoms with Gasteiger partial charge in [0.15, 0.2) is 5.11 Å². The summed E-state index contributed by atoms with van der Waals surface area (Å²) in [6.07, 6.45) is 0. The number of carbonyl (C=O) groups is 1. The Hall–Kier alpha value is -2.83. The third-order valence-electron chi connectivity index (χ3n) is 4.76. The molecule has 2 aliphatic heterocycles. The highest BCUT2D eigenvalue weighted by atomic mass is 33.1. The molecule has 0 spiro atoms. The van der Waals surface area contributed by atoms with Crippen molar-refractivity contribution in [1.29, 1.82) is 0 Å². The van der Waals surface area contributed by atoms with Crippen LogP contribution in [-0.2, 0) is 13.1 Å².